The maximum Gasteiger partial charge on any atom is 0.191 e. The third kappa shape index (κ3) is 7.44. The molecule has 150 valence electrons. The fraction of sp³-hybridized carbons (Fsp3) is 0.600. The van der Waals surface area contributed by atoms with E-state index in [0.29, 0.717) is 12.0 Å². The van der Waals surface area contributed by atoms with Crippen molar-refractivity contribution in [1.82, 2.24) is 15.6 Å². The SMILES string of the molecule is Cc1cnc(C(C)CN=C(NCCc2ccco2)NC2CCCCC2)s1.I. The molecule has 1 aliphatic rings. The molecule has 2 heterocycles. The molecule has 0 aliphatic heterocycles. The Bertz CT molecular complexity index is 680. The molecule has 2 aromatic rings. The van der Waals surface area contributed by atoms with E-state index in [-0.39, 0.29) is 24.0 Å². The zero-order valence-corrected chi connectivity index (χ0v) is 19.4. The number of aromatic nitrogens is 1. The molecule has 1 unspecified atom stereocenters. The second-order valence-corrected chi connectivity index (χ2v) is 8.40. The summed E-state index contributed by atoms with van der Waals surface area (Å²) in [4.78, 5) is 10.6. The van der Waals surface area contributed by atoms with Gasteiger partial charge in [0, 0.05) is 36.0 Å². The van der Waals surface area contributed by atoms with Gasteiger partial charge in [0.2, 0.25) is 0 Å². The summed E-state index contributed by atoms with van der Waals surface area (Å²) in [6.07, 6.45) is 11.0. The zero-order chi connectivity index (χ0) is 18.2. The first-order valence-corrected chi connectivity index (χ1v) is 10.5. The highest BCUT2D eigenvalue weighted by Gasteiger charge is 2.15. The number of thiazole rings is 1. The van der Waals surface area contributed by atoms with Crippen LogP contribution in [0.15, 0.2) is 34.0 Å². The second-order valence-electron chi connectivity index (χ2n) is 7.13. The molecule has 0 saturated heterocycles. The van der Waals surface area contributed by atoms with Crippen molar-refractivity contribution < 1.29 is 4.42 Å². The molecule has 2 N–H and O–H groups in total. The Morgan fingerprint density at radius 2 is 2.19 bits per heavy atom. The number of aliphatic imine (C=N–C) groups is 1. The lowest BCUT2D eigenvalue weighted by Gasteiger charge is -2.25. The van der Waals surface area contributed by atoms with E-state index in [0.717, 1.165) is 31.2 Å². The molecule has 1 fully saturated rings. The van der Waals surface area contributed by atoms with Crippen molar-refractivity contribution in [3.05, 3.63) is 40.2 Å². The maximum atomic E-state index is 5.42. The number of nitrogens with one attached hydrogen (secondary N) is 2. The van der Waals surface area contributed by atoms with Crippen molar-refractivity contribution in [2.75, 3.05) is 13.1 Å². The normalized spacial score (nSPS) is 16.6. The van der Waals surface area contributed by atoms with Gasteiger partial charge >= 0.3 is 0 Å². The van der Waals surface area contributed by atoms with Gasteiger partial charge in [-0.15, -0.1) is 35.3 Å². The van der Waals surface area contributed by atoms with Crippen LogP contribution in [0.25, 0.3) is 0 Å². The van der Waals surface area contributed by atoms with Crippen LogP contribution in [0.2, 0.25) is 0 Å². The predicted octanol–water partition coefficient (Wildman–Crippen LogP) is 4.88. The Morgan fingerprint density at radius 3 is 2.85 bits per heavy atom. The minimum atomic E-state index is 0. The lowest BCUT2D eigenvalue weighted by Crippen LogP contribution is -2.45. The van der Waals surface area contributed by atoms with E-state index in [1.807, 2.05) is 18.3 Å². The number of furan rings is 1. The average Bonchev–Trinajstić information content (AvgIpc) is 3.32. The Balaban J connectivity index is 0.00000261. The van der Waals surface area contributed by atoms with Gasteiger partial charge in [0.15, 0.2) is 5.96 Å². The van der Waals surface area contributed by atoms with Crippen LogP contribution in [0.1, 0.15) is 60.6 Å². The number of halogens is 1. The number of nitrogens with zero attached hydrogens (tertiary/aromatic N) is 2. The van der Waals surface area contributed by atoms with Gasteiger partial charge in [-0.25, -0.2) is 4.98 Å². The van der Waals surface area contributed by atoms with Gasteiger partial charge in [-0.2, -0.15) is 0 Å². The van der Waals surface area contributed by atoms with Crippen LogP contribution in [0.5, 0.6) is 0 Å². The molecule has 7 heteroatoms. The molecule has 2 aromatic heterocycles. The Kier molecular flexibility index (Phi) is 9.61. The first-order valence-electron chi connectivity index (χ1n) is 9.70. The summed E-state index contributed by atoms with van der Waals surface area (Å²) >= 11 is 1.77. The van der Waals surface area contributed by atoms with Crippen LogP contribution in [-0.4, -0.2) is 30.1 Å². The average molecular weight is 502 g/mol. The quantitative estimate of drug-likeness (QED) is 0.322. The van der Waals surface area contributed by atoms with Crippen molar-refractivity contribution in [2.45, 2.75) is 64.3 Å². The molecule has 1 atom stereocenters. The molecule has 0 radical (unpaired) electrons. The van der Waals surface area contributed by atoms with Gasteiger partial charge in [-0.05, 0) is 31.9 Å². The van der Waals surface area contributed by atoms with Crippen LogP contribution < -0.4 is 10.6 Å². The van der Waals surface area contributed by atoms with Crippen LogP contribution in [-0.2, 0) is 6.42 Å². The minimum Gasteiger partial charge on any atom is -0.469 e. The minimum absolute atomic E-state index is 0. The molecular formula is C20H31IN4OS. The van der Waals surface area contributed by atoms with Gasteiger partial charge in [0.1, 0.15) is 5.76 Å². The molecule has 0 bridgehead atoms. The predicted molar refractivity (Wildman–Crippen MR) is 123 cm³/mol. The third-order valence-electron chi connectivity index (χ3n) is 4.77. The number of aryl methyl sites for hydroxylation is 1. The summed E-state index contributed by atoms with van der Waals surface area (Å²) < 4.78 is 5.42. The molecule has 0 amide bonds. The highest BCUT2D eigenvalue weighted by molar-refractivity contribution is 14.0. The summed E-state index contributed by atoms with van der Waals surface area (Å²) in [5.74, 6) is 2.26. The number of rotatable bonds is 7. The summed E-state index contributed by atoms with van der Waals surface area (Å²) in [5, 5.41) is 8.28. The van der Waals surface area contributed by atoms with Gasteiger partial charge in [-0.1, -0.05) is 26.2 Å². The van der Waals surface area contributed by atoms with E-state index in [2.05, 4.69) is 29.5 Å². The van der Waals surface area contributed by atoms with E-state index >= 15 is 0 Å². The standard InChI is InChI=1S/C20H30N4OS.HI/c1-15(19-22-14-16(2)26-19)13-23-20(24-17-7-4-3-5-8-17)21-11-10-18-9-6-12-25-18;/h6,9,12,14-15,17H,3-5,7-8,10-11,13H2,1-2H3,(H2,21,23,24);1H. The lowest BCUT2D eigenvalue weighted by molar-refractivity contribution is 0.409. The fourth-order valence-electron chi connectivity index (χ4n) is 3.26. The molecule has 1 saturated carbocycles. The van der Waals surface area contributed by atoms with Crippen molar-refractivity contribution in [3.63, 3.8) is 0 Å². The van der Waals surface area contributed by atoms with Crippen molar-refractivity contribution in [1.29, 1.82) is 0 Å². The fourth-order valence-corrected chi connectivity index (χ4v) is 4.07. The lowest BCUT2D eigenvalue weighted by atomic mass is 9.96. The largest absolute Gasteiger partial charge is 0.469 e. The Labute approximate surface area is 183 Å². The Morgan fingerprint density at radius 1 is 1.37 bits per heavy atom. The van der Waals surface area contributed by atoms with Gasteiger partial charge in [0.25, 0.3) is 0 Å². The molecule has 1 aliphatic carbocycles. The molecular weight excluding hydrogens is 471 g/mol. The topological polar surface area (TPSA) is 62.5 Å². The molecule has 0 spiro atoms. The van der Waals surface area contributed by atoms with Crippen molar-refractivity contribution in [3.8, 4) is 0 Å². The summed E-state index contributed by atoms with van der Waals surface area (Å²) in [5.41, 5.74) is 0. The first kappa shape index (κ1) is 22.2. The summed E-state index contributed by atoms with van der Waals surface area (Å²) in [7, 11) is 0. The molecule has 5 nitrogen and oxygen atoms in total. The highest BCUT2D eigenvalue weighted by Crippen LogP contribution is 2.21. The van der Waals surface area contributed by atoms with Crippen molar-refractivity contribution >= 4 is 41.3 Å². The van der Waals surface area contributed by atoms with Gasteiger partial charge < -0.3 is 15.1 Å². The number of guanidine groups is 1. The van der Waals surface area contributed by atoms with E-state index in [1.165, 1.54) is 42.0 Å². The maximum absolute atomic E-state index is 5.42. The van der Waals surface area contributed by atoms with Crippen LogP contribution >= 0.6 is 35.3 Å². The smallest absolute Gasteiger partial charge is 0.191 e. The van der Waals surface area contributed by atoms with E-state index in [4.69, 9.17) is 9.41 Å². The molecule has 3 rings (SSSR count). The third-order valence-corrected chi connectivity index (χ3v) is 5.92. The Hall–Kier alpha value is -1.09. The van der Waals surface area contributed by atoms with E-state index in [1.54, 1.807) is 17.6 Å². The monoisotopic (exact) mass is 502 g/mol. The summed E-state index contributed by atoms with van der Waals surface area (Å²) in [6, 6.07) is 4.48. The van der Waals surface area contributed by atoms with Gasteiger partial charge in [-0.3, -0.25) is 4.99 Å². The highest BCUT2D eigenvalue weighted by atomic mass is 127. The van der Waals surface area contributed by atoms with E-state index in [9.17, 15) is 0 Å². The van der Waals surface area contributed by atoms with Crippen LogP contribution in [0.3, 0.4) is 0 Å². The van der Waals surface area contributed by atoms with Crippen LogP contribution in [0, 0.1) is 6.92 Å². The number of hydrogen-bond acceptors (Lipinski definition) is 4. The van der Waals surface area contributed by atoms with Gasteiger partial charge in [0.05, 0.1) is 17.8 Å². The van der Waals surface area contributed by atoms with Crippen molar-refractivity contribution in [2.24, 2.45) is 4.99 Å². The first-order chi connectivity index (χ1) is 12.7. The second kappa shape index (κ2) is 11.7. The van der Waals surface area contributed by atoms with Crippen LogP contribution in [0.4, 0.5) is 0 Å². The van der Waals surface area contributed by atoms with E-state index < -0.39 is 0 Å². The number of hydrogen-bond donors (Lipinski definition) is 2. The zero-order valence-electron chi connectivity index (χ0n) is 16.2. The summed E-state index contributed by atoms with van der Waals surface area (Å²) in [6.45, 7) is 5.86. The molecule has 0 aromatic carbocycles. The molecule has 27 heavy (non-hydrogen) atoms.